The monoisotopic (exact) mass is 497 g/mol. The average molecular weight is 498 g/mol. The molecule has 0 fully saturated rings. The molecule has 0 saturated carbocycles. The van der Waals surface area contributed by atoms with Crippen LogP contribution in [0.15, 0.2) is 60.0 Å². The van der Waals surface area contributed by atoms with Crippen LogP contribution in [0, 0.1) is 5.82 Å². The number of rotatable bonds is 9. The van der Waals surface area contributed by atoms with Crippen LogP contribution in [0.1, 0.15) is 17.4 Å². The minimum absolute atomic E-state index is 0.0250. The summed E-state index contributed by atoms with van der Waals surface area (Å²) in [6.07, 6.45) is 3.41. The molecule has 2 aromatic carbocycles. The van der Waals surface area contributed by atoms with Crippen LogP contribution >= 0.6 is 11.8 Å². The summed E-state index contributed by atoms with van der Waals surface area (Å²) in [4.78, 5) is 17.2. The Bertz CT molecular complexity index is 1320. The van der Waals surface area contributed by atoms with Gasteiger partial charge in [0.05, 0.1) is 25.5 Å². The molecule has 0 aliphatic carbocycles. The van der Waals surface area contributed by atoms with Crippen molar-refractivity contribution in [2.24, 2.45) is 7.05 Å². The van der Waals surface area contributed by atoms with E-state index in [0.29, 0.717) is 39.4 Å². The molecular formula is C23H24FN7O3S. The minimum atomic E-state index is -0.557. The zero-order chi connectivity index (χ0) is 24.9. The second-order valence-electron chi connectivity index (χ2n) is 7.48. The van der Waals surface area contributed by atoms with E-state index in [-0.39, 0.29) is 17.5 Å². The maximum Gasteiger partial charge on any atom is 0.231 e. The third-order valence-corrected chi connectivity index (χ3v) is 6.21. The fourth-order valence-electron chi connectivity index (χ4n) is 3.48. The zero-order valence-corrected chi connectivity index (χ0v) is 20.1. The van der Waals surface area contributed by atoms with Crippen molar-refractivity contribution >= 4 is 17.7 Å². The number of halogens is 1. The topological polar surface area (TPSA) is 122 Å². The van der Waals surface area contributed by atoms with Gasteiger partial charge >= 0.3 is 0 Å². The second-order valence-corrected chi connectivity index (χ2v) is 8.42. The van der Waals surface area contributed by atoms with Gasteiger partial charge in [0, 0.05) is 25.5 Å². The SMILES string of the molecule is COc1ccc(-c2nnc(SCC(=O)N[C@H](c3ccc(F)cc3)c3nccn3C)n2N)c(OC)c1. The Morgan fingerprint density at radius 1 is 1.17 bits per heavy atom. The Labute approximate surface area is 205 Å². The molecule has 0 aliphatic heterocycles. The zero-order valence-electron chi connectivity index (χ0n) is 19.3. The molecule has 0 saturated heterocycles. The van der Waals surface area contributed by atoms with Gasteiger partial charge in [-0.3, -0.25) is 4.79 Å². The van der Waals surface area contributed by atoms with Gasteiger partial charge in [-0.15, -0.1) is 10.2 Å². The first-order chi connectivity index (χ1) is 16.9. The second kappa shape index (κ2) is 10.5. The highest BCUT2D eigenvalue weighted by Crippen LogP contribution is 2.33. The van der Waals surface area contributed by atoms with Gasteiger partial charge in [-0.1, -0.05) is 23.9 Å². The number of nitrogens with two attached hydrogens (primary N) is 1. The van der Waals surface area contributed by atoms with Crippen molar-refractivity contribution in [1.29, 1.82) is 0 Å². The number of carbonyl (C=O) groups is 1. The molecule has 0 bridgehead atoms. The van der Waals surface area contributed by atoms with Gasteiger partial charge in [-0.2, -0.15) is 0 Å². The van der Waals surface area contributed by atoms with E-state index in [0.717, 1.165) is 11.8 Å². The Morgan fingerprint density at radius 3 is 2.60 bits per heavy atom. The molecule has 12 heteroatoms. The van der Waals surface area contributed by atoms with E-state index in [4.69, 9.17) is 15.3 Å². The molecule has 4 rings (SSSR count). The molecule has 2 heterocycles. The summed E-state index contributed by atoms with van der Waals surface area (Å²) in [7, 11) is 4.93. The number of ether oxygens (including phenoxy) is 2. The number of nitrogens with one attached hydrogen (secondary N) is 1. The number of aromatic nitrogens is 5. The Hall–Kier alpha value is -4.06. The van der Waals surface area contributed by atoms with E-state index in [1.165, 1.54) is 23.9 Å². The summed E-state index contributed by atoms with van der Waals surface area (Å²) < 4.78 is 27.2. The van der Waals surface area contributed by atoms with Crippen LogP contribution in [-0.4, -0.2) is 50.3 Å². The van der Waals surface area contributed by atoms with Crippen LogP contribution in [0.25, 0.3) is 11.4 Å². The number of benzene rings is 2. The molecular weight excluding hydrogens is 473 g/mol. The van der Waals surface area contributed by atoms with Crippen molar-refractivity contribution in [2.45, 2.75) is 11.2 Å². The third kappa shape index (κ3) is 5.22. The van der Waals surface area contributed by atoms with Gasteiger partial charge in [0.25, 0.3) is 0 Å². The number of methoxy groups -OCH3 is 2. The van der Waals surface area contributed by atoms with E-state index in [1.807, 2.05) is 7.05 Å². The van der Waals surface area contributed by atoms with Crippen LogP contribution in [0.5, 0.6) is 11.5 Å². The predicted octanol–water partition coefficient (Wildman–Crippen LogP) is 2.55. The fourth-order valence-corrected chi connectivity index (χ4v) is 4.15. The van der Waals surface area contributed by atoms with Crippen LogP contribution in [-0.2, 0) is 11.8 Å². The summed E-state index contributed by atoms with van der Waals surface area (Å²) >= 11 is 1.13. The maximum absolute atomic E-state index is 13.4. The number of imidazole rings is 1. The number of nitrogen functional groups attached to an aromatic ring is 1. The Morgan fingerprint density at radius 2 is 1.94 bits per heavy atom. The lowest BCUT2D eigenvalue weighted by molar-refractivity contribution is -0.119. The van der Waals surface area contributed by atoms with Gasteiger partial charge in [0.2, 0.25) is 11.1 Å². The first kappa shape index (κ1) is 24.1. The highest BCUT2D eigenvalue weighted by molar-refractivity contribution is 7.99. The van der Waals surface area contributed by atoms with Gasteiger partial charge in [-0.25, -0.2) is 14.1 Å². The summed E-state index contributed by atoms with van der Waals surface area (Å²) in [5.41, 5.74) is 1.33. The van der Waals surface area contributed by atoms with E-state index >= 15 is 0 Å². The standard InChI is InChI=1S/C23H24FN7O3S/c1-30-11-10-26-22(30)20(14-4-6-15(24)7-5-14)27-19(32)13-35-23-29-28-21(31(23)25)17-9-8-16(33-2)12-18(17)34-3/h4-12,20H,13,25H2,1-3H3,(H,27,32)/t20-/m1/s1. The highest BCUT2D eigenvalue weighted by Gasteiger charge is 2.22. The van der Waals surface area contributed by atoms with Crippen LogP contribution in [0.4, 0.5) is 4.39 Å². The third-order valence-electron chi connectivity index (χ3n) is 5.27. The average Bonchev–Trinajstić information content (AvgIpc) is 3.46. The molecule has 4 aromatic rings. The van der Waals surface area contributed by atoms with E-state index in [1.54, 1.807) is 54.4 Å². The van der Waals surface area contributed by atoms with Crippen molar-refractivity contribution < 1.29 is 18.7 Å². The molecule has 0 unspecified atom stereocenters. The first-order valence-electron chi connectivity index (χ1n) is 10.5. The molecule has 10 nitrogen and oxygen atoms in total. The molecule has 0 spiro atoms. The summed E-state index contributed by atoms with van der Waals surface area (Å²) in [6.45, 7) is 0. The molecule has 2 aromatic heterocycles. The lowest BCUT2D eigenvalue weighted by atomic mass is 10.1. The van der Waals surface area contributed by atoms with E-state index in [2.05, 4.69) is 20.5 Å². The number of carbonyl (C=O) groups excluding carboxylic acids is 1. The number of thioether (sulfide) groups is 1. The number of aryl methyl sites for hydroxylation is 1. The summed E-state index contributed by atoms with van der Waals surface area (Å²) in [6, 6.07) is 10.6. The largest absolute Gasteiger partial charge is 0.497 e. The predicted molar refractivity (Wildman–Crippen MR) is 129 cm³/mol. The lowest BCUT2D eigenvalue weighted by Gasteiger charge is -2.19. The van der Waals surface area contributed by atoms with Crippen molar-refractivity contribution in [3.05, 3.63) is 72.1 Å². The van der Waals surface area contributed by atoms with Crippen molar-refractivity contribution in [1.82, 2.24) is 29.7 Å². The molecule has 1 amide bonds. The van der Waals surface area contributed by atoms with Crippen molar-refractivity contribution in [3.63, 3.8) is 0 Å². The van der Waals surface area contributed by atoms with Crippen LogP contribution in [0.3, 0.4) is 0 Å². The van der Waals surface area contributed by atoms with Crippen molar-refractivity contribution in [2.75, 3.05) is 25.8 Å². The quantitative estimate of drug-likeness (QED) is 0.267. The van der Waals surface area contributed by atoms with Crippen LogP contribution in [0.2, 0.25) is 0 Å². The molecule has 0 radical (unpaired) electrons. The molecule has 0 aliphatic rings. The lowest BCUT2D eigenvalue weighted by Crippen LogP contribution is -2.32. The summed E-state index contributed by atoms with van der Waals surface area (Å²) in [5.74, 6) is 7.76. The number of hydrogen-bond acceptors (Lipinski definition) is 8. The molecule has 3 N–H and O–H groups in total. The normalized spacial score (nSPS) is 11.8. The molecule has 1 atom stereocenters. The van der Waals surface area contributed by atoms with Gasteiger partial charge < -0.3 is 25.2 Å². The van der Waals surface area contributed by atoms with E-state index < -0.39 is 6.04 Å². The van der Waals surface area contributed by atoms with E-state index in [9.17, 15) is 9.18 Å². The number of amides is 1. The number of hydrogen-bond donors (Lipinski definition) is 2. The highest BCUT2D eigenvalue weighted by atomic mass is 32.2. The molecule has 182 valence electrons. The smallest absolute Gasteiger partial charge is 0.231 e. The minimum Gasteiger partial charge on any atom is -0.497 e. The fraction of sp³-hybridized carbons (Fsp3) is 0.217. The summed E-state index contributed by atoms with van der Waals surface area (Å²) in [5, 5.41) is 11.6. The Balaban J connectivity index is 1.49. The van der Waals surface area contributed by atoms with Gasteiger partial charge in [0.1, 0.15) is 29.2 Å². The Kier molecular flexibility index (Phi) is 7.20. The van der Waals surface area contributed by atoms with Crippen molar-refractivity contribution in [3.8, 4) is 22.9 Å². The number of nitrogens with zero attached hydrogens (tertiary/aromatic N) is 5. The molecule has 35 heavy (non-hydrogen) atoms. The maximum atomic E-state index is 13.4. The van der Waals surface area contributed by atoms with Gasteiger partial charge in [0.15, 0.2) is 5.82 Å². The van der Waals surface area contributed by atoms with Crippen LogP contribution < -0.4 is 20.6 Å². The first-order valence-corrected chi connectivity index (χ1v) is 11.5. The van der Waals surface area contributed by atoms with Gasteiger partial charge in [-0.05, 0) is 29.8 Å².